The summed E-state index contributed by atoms with van der Waals surface area (Å²) in [5, 5.41) is 0. The van der Waals surface area contributed by atoms with E-state index in [1.165, 1.54) is 0 Å². The summed E-state index contributed by atoms with van der Waals surface area (Å²) in [6.07, 6.45) is 2.07. The molecule has 0 aromatic heterocycles. The molecule has 2 nitrogen and oxygen atoms in total. The van der Waals surface area contributed by atoms with E-state index >= 15 is 0 Å². The van der Waals surface area contributed by atoms with Crippen LogP contribution in [0.25, 0.3) is 0 Å². The number of hydrogen-bond donors (Lipinski definition) is 2. The van der Waals surface area contributed by atoms with E-state index in [4.69, 9.17) is 11.5 Å². The van der Waals surface area contributed by atoms with E-state index in [0.717, 1.165) is 12.8 Å². The molecule has 0 fully saturated rings. The Morgan fingerprint density at radius 1 is 1.09 bits per heavy atom. The highest BCUT2D eigenvalue weighted by Crippen LogP contribution is 2.20. The molecule has 4 N–H and O–H groups in total. The molecule has 1 unspecified atom stereocenters. The zero-order valence-electron chi connectivity index (χ0n) is 7.98. The zero-order valence-corrected chi connectivity index (χ0v) is 8.79. The fourth-order valence-electron chi connectivity index (χ4n) is 0.842. The summed E-state index contributed by atoms with van der Waals surface area (Å²) in [6.45, 7) is 8.08. The minimum Gasteiger partial charge on any atom is -0.324 e. The van der Waals surface area contributed by atoms with Crippen LogP contribution < -0.4 is 11.5 Å². The van der Waals surface area contributed by atoms with Crippen molar-refractivity contribution >= 4 is 12.4 Å². The van der Waals surface area contributed by atoms with Gasteiger partial charge in [0.25, 0.3) is 0 Å². The fraction of sp³-hybridized carbons (Fsp3) is 1.00. The highest BCUT2D eigenvalue weighted by Gasteiger charge is 2.32. The van der Waals surface area contributed by atoms with Crippen LogP contribution in [0.5, 0.6) is 0 Å². The predicted octanol–water partition coefficient (Wildman–Crippen LogP) is 1.66. The van der Waals surface area contributed by atoms with Crippen LogP contribution in [0.3, 0.4) is 0 Å². The lowest BCUT2D eigenvalue weighted by atomic mass is 9.79. The van der Waals surface area contributed by atoms with Crippen LogP contribution in [-0.2, 0) is 0 Å². The molecule has 0 aliphatic carbocycles. The van der Waals surface area contributed by atoms with E-state index < -0.39 is 0 Å². The molecule has 0 bridgehead atoms. The lowest BCUT2D eigenvalue weighted by Gasteiger charge is -2.38. The van der Waals surface area contributed by atoms with Crippen molar-refractivity contribution in [2.45, 2.75) is 51.6 Å². The Labute approximate surface area is 76.1 Å². The minimum absolute atomic E-state index is 0. The smallest absolute Gasteiger partial charge is 0.0302 e. The Morgan fingerprint density at radius 2 is 1.45 bits per heavy atom. The molecule has 0 saturated carbocycles. The van der Waals surface area contributed by atoms with Gasteiger partial charge in [-0.3, -0.25) is 0 Å². The van der Waals surface area contributed by atoms with E-state index in [9.17, 15) is 0 Å². The van der Waals surface area contributed by atoms with Crippen LogP contribution in [0, 0.1) is 0 Å². The van der Waals surface area contributed by atoms with E-state index in [0.29, 0.717) is 0 Å². The summed E-state index contributed by atoms with van der Waals surface area (Å²) in [5.74, 6) is 0. The maximum absolute atomic E-state index is 5.98. The van der Waals surface area contributed by atoms with Crippen molar-refractivity contribution in [3.63, 3.8) is 0 Å². The Balaban J connectivity index is 0. The summed E-state index contributed by atoms with van der Waals surface area (Å²) in [4.78, 5) is 0. The standard InChI is InChI=1S/C8H20N2.ClH/c1-5-6-8(4,10)7(2,3)9;/h5-6,9-10H2,1-4H3;1H. The van der Waals surface area contributed by atoms with Gasteiger partial charge >= 0.3 is 0 Å². The SMILES string of the molecule is CCCC(C)(N)C(C)(C)N.Cl. The van der Waals surface area contributed by atoms with E-state index in [-0.39, 0.29) is 23.5 Å². The van der Waals surface area contributed by atoms with Gasteiger partial charge < -0.3 is 11.5 Å². The molecule has 1 atom stereocenters. The molecular weight excluding hydrogens is 160 g/mol. The molecule has 0 aromatic rings. The van der Waals surface area contributed by atoms with Gasteiger partial charge in [0.1, 0.15) is 0 Å². The van der Waals surface area contributed by atoms with E-state index in [2.05, 4.69) is 6.92 Å². The second kappa shape index (κ2) is 4.29. The van der Waals surface area contributed by atoms with Crippen molar-refractivity contribution in [3.05, 3.63) is 0 Å². The lowest BCUT2D eigenvalue weighted by Crippen LogP contribution is -2.60. The molecule has 11 heavy (non-hydrogen) atoms. The molecule has 0 aromatic carbocycles. The molecule has 0 aliphatic heterocycles. The van der Waals surface area contributed by atoms with Crippen molar-refractivity contribution in [1.29, 1.82) is 0 Å². The van der Waals surface area contributed by atoms with Crippen LogP contribution in [0.15, 0.2) is 0 Å². The van der Waals surface area contributed by atoms with Gasteiger partial charge in [-0.05, 0) is 27.2 Å². The maximum atomic E-state index is 5.98. The predicted molar refractivity (Wildman–Crippen MR) is 53.0 cm³/mol. The Hall–Kier alpha value is 0.210. The number of halogens is 1. The van der Waals surface area contributed by atoms with Gasteiger partial charge in [-0.25, -0.2) is 0 Å². The summed E-state index contributed by atoms with van der Waals surface area (Å²) in [7, 11) is 0. The largest absolute Gasteiger partial charge is 0.324 e. The molecule has 0 amide bonds. The number of rotatable bonds is 3. The average molecular weight is 181 g/mol. The van der Waals surface area contributed by atoms with Crippen molar-refractivity contribution < 1.29 is 0 Å². The third kappa shape index (κ3) is 3.94. The Kier molecular flexibility index (Phi) is 5.37. The van der Waals surface area contributed by atoms with Gasteiger partial charge in [-0.2, -0.15) is 0 Å². The molecule has 0 aliphatic rings. The normalized spacial score (nSPS) is 16.9. The van der Waals surface area contributed by atoms with Crippen LogP contribution in [0.2, 0.25) is 0 Å². The lowest BCUT2D eigenvalue weighted by molar-refractivity contribution is 0.263. The third-order valence-electron chi connectivity index (χ3n) is 2.24. The molecule has 0 spiro atoms. The first kappa shape index (κ1) is 13.8. The quantitative estimate of drug-likeness (QED) is 0.694. The fourth-order valence-corrected chi connectivity index (χ4v) is 0.842. The molecule has 3 heteroatoms. The van der Waals surface area contributed by atoms with Crippen molar-refractivity contribution in [3.8, 4) is 0 Å². The summed E-state index contributed by atoms with van der Waals surface area (Å²) in [5.41, 5.74) is 11.3. The first-order valence-electron chi connectivity index (χ1n) is 3.89. The van der Waals surface area contributed by atoms with E-state index in [1.54, 1.807) is 0 Å². The monoisotopic (exact) mass is 180 g/mol. The number of hydrogen-bond acceptors (Lipinski definition) is 2. The van der Waals surface area contributed by atoms with Gasteiger partial charge in [-0.1, -0.05) is 13.3 Å². The number of nitrogens with two attached hydrogens (primary N) is 2. The van der Waals surface area contributed by atoms with Crippen LogP contribution >= 0.6 is 12.4 Å². The van der Waals surface area contributed by atoms with Crippen molar-refractivity contribution in [2.24, 2.45) is 11.5 Å². The van der Waals surface area contributed by atoms with Gasteiger partial charge in [0.05, 0.1) is 0 Å². The van der Waals surface area contributed by atoms with Crippen LogP contribution in [-0.4, -0.2) is 11.1 Å². The third-order valence-corrected chi connectivity index (χ3v) is 2.24. The van der Waals surface area contributed by atoms with Crippen LogP contribution in [0.4, 0.5) is 0 Å². The van der Waals surface area contributed by atoms with Gasteiger partial charge in [0, 0.05) is 11.1 Å². The van der Waals surface area contributed by atoms with Crippen molar-refractivity contribution in [1.82, 2.24) is 0 Å². The second-order valence-corrected chi connectivity index (χ2v) is 3.89. The van der Waals surface area contributed by atoms with Gasteiger partial charge in [-0.15, -0.1) is 12.4 Å². The molecule has 0 rings (SSSR count). The molecule has 70 valence electrons. The molecule has 0 radical (unpaired) electrons. The van der Waals surface area contributed by atoms with Crippen molar-refractivity contribution in [2.75, 3.05) is 0 Å². The first-order valence-corrected chi connectivity index (χ1v) is 3.89. The molecule has 0 saturated heterocycles. The zero-order chi connectivity index (χ0) is 8.41. The Morgan fingerprint density at radius 3 is 1.55 bits per heavy atom. The molecule has 0 heterocycles. The second-order valence-electron chi connectivity index (χ2n) is 3.89. The maximum Gasteiger partial charge on any atom is 0.0302 e. The minimum atomic E-state index is -0.275. The van der Waals surface area contributed by atoms with E-state index in [1.807, 2.05) is 20.8 Å². The summed E-state index contributed by atoms with van der Waals surface area (Å²) >= 11 is 0. The average Bonchev–Trinajstić information content (AvgIpc) is 1.61. The highest BCUT2D eigenvalue weighted by molar-refractivity contribution is 5.85. The molecular formula is C8H21ClN2. The summed E-state index contributed by atoms with van der Waals surface area (Å²) < 4.78 is 0. The van der Waals surface area contributed by atoms with Gasteiger partial charge in [0.2, 0.25) is 0 Å². The topological polar surface area (TPSA) is 52.0 Å². The van der Waals surface area contributed by atoms with Crippen LogP contribution in [0.1, 0.15) is 40.5 Å². The Bertz CT molecular complexity index is 105. The summed E-state index contributed by atoms with van der Waals surface area (Å²) in [6, 6.07) is 0. The first-order chi connectivity index (χ1) is 4.31. The highest BCUT2D eigenvalue weighted by atomic mass is 35.5. The van der Waals surface area contributed by atoms with Gasteiger partial charge in [0.15, 0.2) is 0 Å².